The molecule has 0 bridgehead atoms. The summed E-state index contributed by atoms with van der Waals surface area (Å²) in [6.45, 7) is 1.60. The molecule has 13 heteroatoms. The predicted octanol–water partition coefficient (Wildman–Crippen LogP) is 5.23. The molecule has 1 aromatic heterocycles. The molecular formula is C26H22ClF3N4O4S. The number of aromatic nitrogens is 2. The number of carbonyl (C=O) groups excluding carboxylic acids is 1. The van der Waals surface area contributed by atoms with Crippen LogP contribution in [-0.4, -0.2) is 30.7 Å². The van der Waals surface area contributed by atoms with Crippen LogP contribution in [0.3, 0.4) is 0 Å². The Morgan fingerprint density at radius 3 is 2.31 bits per heavy atom. The molecule has 204 valence electrons. The first-order valence-electron chi connectivity index (χ1n) is 11.3. The first-order valence-corrected chi connectivity index (χ1v) is 13.2. The second-order valence-corrected chi connectivity index (χ2v) is 10.9. The zero-order valence-electron chi connectivity index (χ0n) is 20.8. The molecule has 0 aliphatic rings. The summed E-state index contributed by atoms with van der Waals surface area (Å²) in [4.78, 5) is 25.9. The van der Waals surface area contributed by atoms with E-state index in [1.54, 1.807) is 44.3 Å². The highest BCUT2D eigenvalue weighted by Gasteiger charge is 2.32. The molecule has 0 fully saturated rings. The molecule has 0 spiro atoms. The minimum absolute atomic E-state index is 0.0908. The molecule has 4 aromatic rings. The quantitative estimate of drug-likeness (QED) is 0.339. The normalized spacial score (nSPS) is 11.9. The summed E-state index contributed by atoms with van der Waals surface area (Å²) in [7, 11) is -1.49. The van der Waals surface area contributed by atoms with Crippen molar-refractivity contribution in [1.82, 2.24) is 9.36 Å². The Morgan fingerprint density at radius 1 is 1.00 bits per heavy atom. The van der Waals surface area contributed by atoms with Crippen LogP contribution in [-0.2, 0) is 23.2 Å². The van der Waals surface area contributed by atoms with Crippen molar-refractivity contribution in [1.29, 1.82) is 0 Å². The van der Waals surface area contributed by atoms with E-state index in [0.717, 1.165) is 22.5 Å². The average Bonchev–Trinajstić information content (AvgIpc) is 3.12. The van der Waals surface area contributed by atoms with Crippen molar-refractivity contribution in [3.8, 4) is 5.69 Å². The molecule has 4 rings (SSSR count). The third kappa shape index (κ3) is 5.30. The topological polar surface area (TPSA) is 93.4 Å². The number of nitrogens with zero attached hydrogens (tertiary/aromatic N) is 3. The minimum atomic E-state index is -4.66. The van der Waals surface area contributed by atoms with Crippen LogP contribution in [0.4, 0.5) is 24.5 Å². The number of hydrogen-bond acceptors (Lipinski definition) is 4. The van der Waals surface area contributed by atoms with E-state index in [1.165, 1.54) is 34.6 Å². The van der Waals surface area contributed by atoms with Gasteiger partial charge in [-0.3, -0.25) is 18.6 Å². The van der Waals surface area contributed by atoms with Gasteiger partial charge in [-0.15, -0.1) is 0 Å². The first kappa shape index (κ1) is 28.0. The predicted molar refractivity (Wildman–Crippen MR) is 142 cm³/mol. The molecule has 0 aliphatic carbocycles. The fourth-order valence-corrected chi connectivity index (χ4v) is 5.44. The highest BCUT2D eigenvalue weighted by molar-refractivity contribution is 7.92. The summed E-state index contributed by atoms with van der Waals surface area (Å²) >= 11 is 5.96. The molecule has 8 nitrogen and oxygen atoms in total. The molecule has 0 radical (unpaired) electrons. The van der Waals surface area contributed by atoms with Gasteiger partial charge in [0.25, 0.3) is 21.5 Å². The maximum atomic E-state index is 13.5. The molecular weight excluding hydrogens is 557 g/mol. The summed E-state index contributed by atoms with van der Waals surface area (Å²) in [6.07, 6.45) is -4.66. The van der Waals surface area contributed by atoms with Gasteiger partial charge in [-0.1, -0.05) is 35.9 Å². The van der Waals surface area contributed by atoms with Crippen molar-refractivity contribution < 1.29 is 26.4 Å². The lowest BCUT2D eigenvalue weighted by Gasteiger charge is -2.18. The number of benzene rings is 3. The second-order valence-electron chi connectivity index (χ2n) is 8.56. The van der Waals surface area contributed by atoms with Gasteiger partial charge in [0.05, 0.1) is 32.6 Å². The van der Waals surface area contributed by atoms with Gasteiger partial charge in [0.1, 0.15) is 5.69 Å². The Bertz CT molecular complexity index is 1730. The molecule has 1 N–H and O–H groups in total. The number of anilines is 2. The third-order valence-electron chi connectivity index (χ3n) is 6.14. The van der Waals surface area contributed by atoms with Gasteiger partial charge in [-0.2, -0.15) is 13.2 Å². The van der Waals surface area contributed by atoms with E-state index in [0.29, 0.717) is 17.4 Å². The van der Waals surface area contributed by atoms with E-state index in [-0.39, 0.29) is 26.9 Å². The smallest absolute Gasteiger partial charge is 0.321 e. The Hall–Kier alpha value is -4.03. The summed E-state index contributed by atoms with van der Waals surface area (Å²) in [5.74, 6) is -0.877. The van der Waals surface area contributed by atoms with Crippen LogP contribution in [0, 0.1) is 6.92 Å². The molecule has 0 saturated carbocycles. The van der Waals surface area contributed by atoms with E-state index in [9.17, 15) is 31.2 Å². The van der Waals surface area contributed by atoms with E-state index in [1.807, 2.05) is 0 Å². The van der Waals surface area contributed by atoms with Crippen LogP contribution in [0.25, 0.3) is 5.69 Å². The van der Waals surface area contributed by atoms with Gasteiger partial charge in [0.15, 0.2) is 0 Å². The highest BCUT2D eigenvalue weighted by Crippen LogP contribution is 2.34. The van der Waals surface area contributed by atoms with Gasteiger partial charge in [0, 0.05) is 19.7 Å². The van der Waals surface area contributed by atoms with Gasteiger partial charge in [0.2, 0.25) is 0 Å². The van der Waals surface area contributed by atoms with E-state index in [4.69, 9.17) is 11.6 Å². The molecule has 0 unspecified atom stereocenters. The number of hydrogen-bond donors (Lipinski definition) is 1. The maximum Gasteiger partial charge on any atom is 0.416 e. The zero-order chi connectivity index (χ0) is 28.7. The molecule has 0 aliphatic heterocycles. The van der Waals surface area contributed by atoms with E-state index >= 15 is 0 Å². The summed E-state index contributed by atoms with van der Waals surface area (Å²) < 4.78 is 70.0. The van der Waals surface area contributed by atoms with Crippen LogP contribution >= 0.6 is 11.6 Å². The van der Waals surface area contributed by atoms with Crippen molar-refractivity contribution in [2.45, 2.75) is 18.0 Å². The molecule has 3 aromatic carbocycles. The first-order chi connectivity index (χ1) is 18.2. The molecule has 39 heavy (non-hydrogen) atoms. The van der Waals surface area contributed by atoms with Crippen LogP contribution in [0.2, 0.25) is 5.02 Å². The zero-order valence-corrected chi connectivity index (χ0v) is 22.4. The Morgan fingerprint density at radius 2 is 1.67 bits per heavy atom. The van der Waals surface area contributed by atoms with Crippen molar-refractivity contribution in [3.63, 3.8) is 0 Å². The largest absolute Gasteiger partial charge is 0.416 e. The number of amides is 1. The Labute approximate surface area is 226 Å². The number of nitrogens with one attached hydrogen (secondary N) is 1. The lowest BCUT2D eigenvalue weighted by atomic mass is 10.1. The SMILES string of the molecule is Cc1c(N(C)S(=O)(=O)c2cccc(C(=O)Nc3cc(C(F)(F)F)ccc3Cl)c2)c(=O)n(-c2ccccc2)n1C. The number of alkyl halides is 3. The Balaban J connectivity index is 1.68. The van der Waals surface area contributed by atoms with Crippen molar-refractivity contribution in [3.05, 3.63) is 105 Å². The maximum absolute atomic E-state index is 13.5. The lowest BCUT2D eigenvalue weighted by Crippen LogP contribution is -2.32. The fourth-order valence-electron chi connectivity index (χ4n) is 3.98. The summed E-state index contributed by atoms with van der Waals surface area (Å²) in [5, 5.41) is 2.16. The number of sulfonamides is 1. The number of para-hydroxylation sites is 1. The summed E-state index contributed by atoms with van der Waals surface area (Å²) in [5.41, 5.74) is -1.19. The fraction of sp³-hybridized carbons (Fsp3) is 0.154. The van der Waals surface area contributed by atoms with Gasteiger partial charge in [-0.05, 0) is 55.5 Å². The second kappa shape index (κ2) is 10.3. The van der Waals surface area contributed by atoms with E-state index in [2.05, 4.69) is 5.32 Å². The minimum Gasteiger partial charge on any atom is -0.321 e. The van der Waals surface area contributed by atoms with Crippen LogP contribution in [0.1, 0.15) is 21.6 Å². The van der Waals surface area contributed by atoms with Crippen molar-refractivity contribution in [2.75, 3.05) is 16.7 Å². The van der Waals surface area contributed by atoms with Crippen molar-refractivity contribution >= 4 is 38.9 Å². The van der Waals surface area contributed by atoms with Crippen molar-refractivity contribution in [2.24, 2.45) is 7.05 Å². The van der Waals surface area contributed by atoms with Gasteiger partial charge < -0.3 is 5.32 Å². The average molecular weight is 579 g/mol. The van der Waals surface area contributed by atoms with Gasteiger partial charge in [-0.25, -0.2) is 13.1 Å². The lowest BCUT2D eigenvalue weighted by molar-refractivity contribution is -0.137. The molecule has 1 amide bonds. The number of halogens is 4. The van der Waals surface area contributed by atoms with Crippen LogP contribution in [0.15, 0.2) is 82.5 Å². The van der Waals surface area contributed by atoms with Crippen LogP contribution < -0.4 is 15.2 Å². The summed E-state index contributed by atoms with van der Waals surface area (Å²) in [6, 6.07) is 16.1. The standard InChI is InChI=1S/C26H22ClF3N4O4S/c1-16-23(25(36)34(32(16)2)19-9-5-4-6-10-19)33(3)39(37,38)20-11-7-8-17(14-20)24(35)31-22-15-18(26(28,29)30)12-13-21(22)27/h4-15H,1-3H3,(H,31,35). The monoisotopic (exact) mass is 578 g/mol. The van der Waals surface area contributed by atoms with Gasteiger partial charge >= 0.3 is 6.18 Å². The van der Waals surface area contributed by atoms with E-state index < -0.39 is 33.2 Å². The third-order valence-corrected chi connectivity index (χ3v) is 8.22. The number of carbonyl (C=O) groups is 1. The number of rotatable bonds is 6. The molecule has 1 heterocycles. The molecule has 0 saturated heterocycles. The molecule has 0 atom stereocenters. The highest BCUT2D eigenvalue weighted by atomic mass is 35.5. The van der Waals surface area contributed by atoms with Crippen LogP contribution in [0.5, 0.6) is 0 Å². The Kier molecular flexibility index (Phi) is 7.37.